The molecule has 0 bridgehead atoms. The van der Waals surface area contributed by atoms with Gasteiger partial charge in [0, 0.05) is 6.04 Å². The van der Waals surface area contributed by atoms with Crippen LogP contribution in [0.2, 0.25) is 0 Å². The lowest BCUT2D eigenvalue weighted by Gasteiger charge is -2.23. The van der Waals surface area contributed by atoms with Crippen molar-refractivity contribution in [1.29, 1.82) is 0 Å². The molecule has 0 radical (unpaired) electrons. The molecule has 0 aliphatic carbocycles. The van der Waals surface area contributed by atoms with E-state index in [-0.39, 0.29) is 6.04 Å². The molecule has 0 amide bonds. The summed E-state index contributed by atoms with van der Waals surface area (Å²) in [4.78, 5) is 2.19. The van der Waals surface area contributed by atoms with Crippen molar-refractivity contribution >= 4 is 9.84 Å². The van der Waals surface area contributed by atoms with E-state index < -0.39 is 9.84 Å². The van der Waals surface area contributed by atoms with Gasteiger partial charge >= 0.3 is 0 Å². The minimum atomic E-state index is -2.75. The molecule has 0 aromatic carbocycles. The molecule has 1 saturated heterocycles. The molecule has 1 heterocycles. The summed E-state index contributed by atoms with van der Waals surface area (Å²) in [5.41, 5.74) is 5.55. The van der Waals surface area contributed by atoms with E-state index in [1.54, 1.807) is 0 Å². The Morgan fingerprint density at radius 2 is 2.19 bits per heavy atom. The molecule has 4 nitrogen and oxygen atoms in total. The van der Waals surface area contributed by atoms with Gasteiger partial charge in [-0.3, -0.25) is 0 Å². The lowest BCUT2D eigenvalue weighted by Crippen LogP contribution is -2.33. The van der Waals surface area contributed by atoms with Gasteiger partial charge in [0.2, 0.25) is 0 Å². The Morgan fingerprint density at radius 3 is 2.69 bits per heavy atom. The third-order valence-electron chi connectivity index (χ3n) is 3.44. The summed E-state index contributed by atoms with van der Waals surface area (Å²) in [6.07, 6.45) is 3.02. The van der Waals surface area contributed by atoms with Crippen LogP contribution in [0.1, 0.15) is 26.2 Å². The first-order valence-electron chi connectivity index (χ1n) is 6.05. The largest absolute Gasteiger partial charge is 0.330 e. The van der Waals surface area contributed by atoms with Crippen molar-refractivity contribution in [3.63, 3.8) is 0 Å². The number of hydrogen-bond acceptors (Lipinski definition) is 4. The van der Waals surface area contributed by atoms with Crippen molar-refractivity contribution in [3.8, 4) is 0 Å². The molecule has 0 spiro atoms. The van der Waals surface area contributed by atoms with Crippen molar-refractivity contribution in [3.05, 3.63) is 0 Å². The van der Waals surface area contributed by atoms with Crippen LogP contribution < -0.4 is 5.73 Å². The number of rotatable bonds is 6. The fourth-order valence-electron chi connectivity index (χ4n) is 2.11. The van der Waals surface area contributed by atoms with Gasteiger partial charge in [0.25, 0.3) is 0 Å². The molecular formula is C11H24N2O2S. The predicted molar refractivity (Wildman–Crippen MR) is 67.1 cm³/mol. The number of hydrogen-bond donors (Lipinski definition) is 1. The van der Waals surface area contributed by atoms with Crippen LogP contribution in [0.4, 0.5) is 0 Å². The van der Waals surface area contributed by atoms with Crippen molar-refractivity contribution < 1.29 is 8.42 Å². The molecule has 5 heteroatoms. The van der Waals surface area contributed by atoms with E-state index in [4.69, 9.17) is 5.73 Å². The summed E-state index contributed by atoms with van der Waals surface area (Å²) in [5.74, 6) is 1.28. The first-order valence-corrected chi connectivity index (χ1v) is 7.87. The van der Waals surface area contributed by atoms with Gasteiger partial charge in [-0.2, -0.15) is 0 Å². The van der Waals surface area contributed by atoms with E-state index in [0.29, 0.717) is 17.4 Å². The van der Waals surface area contributed by atoms with Crippen molar-refractivity contribution in [2.45, 2.75) is 32.2 Å². The van der Waals surface area contributed by atoms with Gasteiger partial charge < -0.3 is 10.6 Å². The van der Waals surface area contributed by atoms with E-state index in [1.807, 2.05) is 7.05 Å². The highest BCUT2D eigenvalue weighted by Gasteiger charge is 2.30. The minimum absolute atomic E-state index is 0.234. The fourth-order valence-corrected chi connectivity index (χ4v) is 3.92. The molecular weight excluding hydrogens is 224 g/mol. The zero-order valence-corrected chi connectivity index (χ0v) is 11.2. The molecule has 2 atom stereocenters. The van der Waals surface area contributed by atoms with Crippen LogP contribution in [0.25, 0.3) is 0 Å². The molecule has 1 fully saturated rings. The van der Waals surface area contributed by atoms with Gasteiger partial charge in [-0.05, 0) is 45.3 Å². The Kier molecular flexibility index (Phi) is 5.21. The fraction of sp³-hybridized carbons (Fsp3) is 1.00. The molecule has 16 heavy (non-hydrogen) atoms. The minimum Gasteiger partial charge on any atom is -0.330 e. The Balaban J connectivity index is 2.23. The molecule has 0 aromatic rings. The van der Waals surface area contributed by atoms with E-state index in [2.05, 4.69) is 11.8 Å². The number of sulfone groups is 1. The average molecular weight is 248 g/mol. The first-order chi connectivity index (χ1) is 7.44. The second-order valence-corrected chi connectivity index (χ2v) is 7.25. The van der Waals surface area contributed by atoms with Gasteiger partial charge in [-0.15, -0.1) is 0 Å². The smallest absolute Gasteiger partial charge is 0.151 e. The predicted octanol–water partition coefficient (Wildman–Crippen LogP) is 0.480. The van der Waals surface area contributed by atoms with Gasteiger partial charge in [-0.1, -0.05) is 6.92 Å². The summed E-state index contributed by atoms with van der Waals surface area (Å²) in [6, 6.07) is 0.234. The molecule has 0 saturated carbocycles. The van der Waals surface area contributed by atoms with Crippen LogP contribution in [0, 0.1) is 5.92 Å². The van der Waals surface area contributed by atoms with Gasteiger partial charge in [0.05, 0.1) is 11.5 Å². The van der Waals surface area contributed by atoms with Gasteiger partial charge in [0.1, 0.15) is 0 Å². The topological polar surface area (TPSA) is 63.4 Å². The maximum atomic E-state index is 11.3. The second-order valence-electron chi connectivity index (χ2n) is 5.02. The van der Waals surface area contributed by atoms with E-state index in [9.17, 15) is 8.42 Å². The average Bonchev–Trinajstić information content (AvgIpc) is 2.58. The normalized spacial score (nSPS) is 26.1. The Hall–Kier alpha value is -0.130. The highest BCUT2D eigenvalue weighted by Crippen LogP contribution is 2.17. The Labute approximate surface area is 99.1 Å². The standard InChI is InChI=1S/C11H24N2O2S/c1-10(8-12)4-3-6-13(2)11-5-7-16(14,15)9-11/h10-11H,3-9,12H2,1-2H3. The Morgan fingerprint density at radius 1 is 1.50 bits per heavy atom. The lowest BCUT2D eigenvalue weighted by atomic mass is 10.1. The second kappa shape index (κ2) is 5.98. The molecule has 96 valence electrons. The van der Waals surface area contributed by atoms with Crippen LogP contribution in [0.5, 0.6) is 0 Å². The van der Waals surface area contributed by atoms with Crippen LogP contribution in [0.3, 0.4) is 0 Å². The number of nitrogens with two attached hydrogens (primary N) is 1. The molecule has 1 aliphatic rings. The van der Waals surface area contributed by atoms with Crippen LogP contribution in [-0.4, -0.2) is 51.0 Å². The van der Waals surface area contributed by atoms with Crippen molar-refractivity contribution in [2.24, 2.45) is 11.7 Å². The van der Waals surface area contributed by atoms with Crippen LogP contribution in [0.15, 0.2) is 0 Å². The maximum Gasteiger partial charge on any atom is 0.151 e. The molecule has 2 unspecified atom stereocenters. The summed E-state index contributed by atoms with van der Waals surface area (Å²) in [5, 5.41) is 0. The molecule has 2 N–H and O–H groups in total. The molecule has 0 aromatic heterocycles. The monoisotopic (exact) mass is 248 g/mol. The quantitative estimate of drug-likeness (QED) is 0.742. The summed E-state index contributed by atoms with van der Waals surface area (Å²) >= 11 is 0. The SMILES string of the molecule is CC(CN)CCCN(C)C1CCS(=O)(=O)C1. The molecule has 1 rings (SSSR count). The first kappa shape index (κ1) is 13.9. The van der Waals surface area contributed by atoms with E-state index >= 15 is 0 Å². The van der Waals surface area contributed by atoms with Crippen LogP contribution in [-0.2, 0) is 9.84 Å². The van der Waals surface area contributed by atoms with Gasteiger partial charge in [0.15, 0.2) is 9.84 Å². The van der Waals surface area contributed by atoms with Crippen LogP contribution >= 0.6 is 0 Å². The zero-order chi connectivity index (χ0) is 12.2. The van der Waals surface area contributed by atoms with E-state index in [0.717, 1.165) is 32.4 Å². The molecule has 1 aliphatic heterocycles. The van der Waals surface area contributed by atoms with Crippen molar-refractivity contribution in [1.82, 2.24) is 4.90 Å². The zero-order valence-electron chi connectivity index (χ0n) is 10.4. The summed E-state index contributed by atoms with van der Waals surface area (Å²) in [7, 11) is -0.722. The third-order valence-corrected chi connectivity index (χ3v) is 5.19. The highest BCUT2D eigenvalue weighted by atomic mass is 32.2. The Bertz CT molecular complexity index is 303. The summed E-state index contributed by atoms with van der Waals surface area (Å²) < 4.78 is 22.7. The maximum absolute atomic E-state index is 11.3. The van der Waals surface area contributed by atoms with Crippen molar-refractivity contribution in [2.75, 3.05) is 31.6 Å². The van der Waals surface area contributed by atoms with E-state index in [1.165, 1.54) is 0 Å². The summed E-state index contributed by atoms with van der Waals surface area (Å²) in [6.45, 7) is 3.87. The highest BCUT2D eigenvalue weighted by molar-refractivity contribution is 7.91. The lowest BCUT2D eigenvalue weighted by molar-refractivity contribution is 0.251. The third kappa shape index (κ3) is 4.39. The number of nitrogens with zero attached hydrogens (tertiary/aromatic N) is 1. The van der Waals surface area contributed by atoms with Gasteiger partial charge in [-0.25, -0.2) is 8.42 Å².